The van der Waals surface area contributed by atoms with Crippen LogP contribution in [-0.4, -0.2) is 0 Å². The first kappa shape index (κ1) is 10.8. The fourth-order valence-electron chi connectivity index (χ4n) is 3.54. The minimum absolute atomic E-state index is 0.760. The number of allylic oxidation sites excluding steroid dienone is 4. The van der Waals surface area contributed by atoms with Crippen LogP contribution in [0, 0.1) is 17.8 Å². The molecule has 1 aromatic carbocycles. The summed E-state index contributed by atoms with van der Waals surface area (Å²) in [7, 11) is 0. The molecule has 88 valence electrons. The van der Waals surface area contributed by atoms with Gasteiger partial charge in [-0.25, -0.2) is 0 Å². The highest BCUT2D eigenvalue weighted by Crippen LogP contribution is 2.47. The van der Waals surface area contributed by atoms with Gasteiger partial charge in [0.15, 0.2) is 0 Å². The first-order chi connectivity index (χ1) is 8.24. The fourth-order valence-corrected chi connectivity index (χ4v) is 3.54. The smallest absolute Gasteiger partial charge is 0.00901 e. The van der Waals surface area contributed by atoms with Crippen LogP contribution in [0.2, 0.25) is 0 Å². The Labute approximate surface area is 104 Å². The van der Waals surface area contributed by atoms with Crippen molar-refractivity contribution in [1.29, 1.82) is 0 Å². The van der Waals surface area contributed by atoms with Crippen LogP contribution >= 0.6 is 0 Å². The van der Waals surface area contributed by atoms with Gasteiger partial charge in [-0.3, -0.25) is 0 Å². The summed E-state index contributed by atoms with van der Waals surface area (Å²) in [5.74, 6) is 2.42. The normalized spacial score (nSPS) is 31.8. The molecule has 0 bridgehead atoms. The van der Waals surface area contributed by atoms with E-state index in [-0.39, 0.29) is 0 Å². The van der Waals surface area contributed by atoms with E-state index >= 15 is 0 Å². The van der Waals surface area contributed by atoms with Crippen LogP contribution in [0.1, 0.15) is 32.3 Å². The van der Waals surface area contributed by atoms with Crippen LogP contribution in [0.25, 0.3) is 5.57 Å². The highest BCUT2D eigenvalue weighted by Gasteiger charge is 2.35. The van der Waals surface area contributed by atoms with Crippen LogP contribution in [0.3, 0.4) is 0 Å². The monoisotopic (exact) mass is 224 g/mol. The zero-order valence-electron chi connectivity index (χ0n) is 10.7. The average molecular weight is 224 g/mol. The largest absolute Gasteiger partial charge is 0.0779 e. The number of hydrogen-bond donors (Lipinski definition) is 0. The summed E-state index contributed by atoms with van der Waals surface area (Å²) in [4.78, 5) is 0. The fraction of sp³-hybridized carbons (Fsp3) is 0.412. The minimum atomic E-state index is 0.760. The third kappa shape index (κ3) is 1.97. The highest BCUT2D eigenvalue weighted by atomic mass is 14.4. The predicted octanol–water partition coefficient (Wildman–Crippen LogP) is 4.69. The molecule has 1 fully saturated rings. The molecule has 0 heterocycles. The summed E-state index contributed by atoms with van der Waals surface area (Å²) in [6.45, 7) is 4.63. The molecular weight excluding hydrogens is 204 g/mol. The Morgan fingerprint density at radius 3 is 2.59 bits per heavy atom. The molecule has 3 unspecified atom stereocenters. The topological polar surface area (TPSA) is 0 Å². The summed E-state index contributed by atoms with van der Waals surface area (Å²) in [5.41, 5.74) is 4.43. The van der Waals surface area contributed by atoms with Crippen LogP contribution < -0.4 is 0 Å². The number of benzene rings is 1. The lowest BCUT2D eigenvalue weighted by Gasteiger charge is -2.25. The molecule has 1 saturated carbocycles. The SMILES string of the molecule is CC1=CC2CC(C)CC2C(c2ccccc2)=C1. The van der Waals surface area contributed by atoms with E-state index in [1.165, 1.54) is 24.0 Å². The van der Waals surface area contributed by atoms with Gasteiger partial charge in [-0.1, -0.05) is 55.0 Å². The zero-order valence-corrected chi connectivity index (χ0v) is 10.7. The Kier molecular flexibility index (Phi) is 2.66. The van der Waals surface area contributed by atoms with Gasteiger partial charge in [-0.05, 0) is 48.7 Å². The third-order valence-corrected chi connectivity index (χ3v) is 4.21. The van der Waals surface area contributed by atoms with Crippen LogP contribution in [0.4, 0.5) is 0 Å². The molecule has 0 nitrogen and oxygen atoms in total. The number of rotatable bonds is 1. The third-order valence-electron chi connectivity index (χ3n) is 4.21. The van der Waals surface area contributed by atoms with Gasteiger partial charge in [-0.15, -0.1) is 0 Å². The molecule has 17 heavy (non-hydrogen) atoms. The van der Waals surface area contributed by atoms with Gasteiger partial charge in [0.05, 0.1) is 0 Å². The van der Waals surface area contributed by atoms with Crippen molar-refractivity contribution in [3.63, 3.8) is 0 Å². The minimum Gasteiger partial charge on any atom is -0.0779 e. The molecule has 3 atom stereocenters. The van der Waals surface area contributed by atoms with Crippen LogP contribution in [-0.2, 0) is 0 Å². The molecular formula is C17H20. The molecule has 0 saturated heterocycles. The van der Waals surface area contributed by atoms with E-state index in [4.69, 9.17) is 0 Å². The molecule has 2 aliphatic carbocycles. The predicted molar refractivity (Wildman–Crippen MR) is 73.6 cm³/mol. The van der Waals surface area contributed by atoms with Gasteiger partial charge < -0.3 is 0 Å². The molecule has 0 heteroatoms. The van der Waals surface area contributed by atoms with Gasteiger partial charge in [0.1, 0.15) is 0 Å². The van der Waals surface area contributed by atoms with Gasteiger partial charge in [0.25, 0.3) is 0 Å². The number of hydrogen-bond acceptors (Lipinski definition) is 0. The molecule has 0 aliphatic heterocycles. The van der Waals surface area contributed by atoms with Crippen LogP contribution in [0.5, 0.6) is 0 Å². The van der Waals surface area contributed by atoms with Gasteiger partial charge in [0.2, 0.25) is 0 Å². The molecule has 0 amide bonds. The maximum atomic E-state index is 2.49. The van der Waals surface area contributed by atoms with Crippen molar-refractivity contribution in [2.24, 2.45) is 17.8 Å². The molecule has 0 aromatic heterocycles. The first-order valence-corrected chi connectivity index (χ1v) is 6.69. The number of fused-ring (bicyclic) bond motifs is 1. The zero-order chi connectivity index (χ0) is 11.8. The first-order valence-electron chi connectivity index (χ1n) is 6.69. The lowest BCUT2D eigenvalue weighted by atomic mass is 9.79. The van der Waals surface area contributed by atoms with Crippen LogP contribution in [0.15, 0.2) is 48.1 Å². The molecule has 0 N–H and O–H groups in total. The second kappa shape index (κ2) is 4.18. The average Bonchev–Trinajstić information content (AvgIpc) is 2.69. The Bertz CT molecular complexity index is 464. The van der Waals surface area contributed by atoms with Crippen molar-refractivity contribution >= 4 is 5.57 Å². The van der Waals surface area contributed by atoms with E-state index in [0.29, 0.717) is 0 Å². The van der Waals surface area contributed by atoms with Crippen molar-refractivity contribution < 1.29 is 0 Å². The summed E-state index contributed by atoms with van der Waals surface area (Å²) in [5, 5.41) is 0. The summed E-state index contributed by atoms with van der Waals surface area (Å²) in [6.07, 6.45) is 7.61. The Balaban J connectivity index is 2.01. The molecule has 1 aromatic rings. The molecule has 3 rings (SSSR count). The lowest BCUT2D eigenvalue weighted by Crippen LogP contribution is -2.12. The Morgan fingerprint density at radius 1 is 1.06 bits per heavy atom. The van der Waals surface area contributed by atoms with E-state index in [0.717, 1.165) is 17.8 Å². The van der Waals surface area contributed by atoms with Crippen molar-refractivity contribution in [2.45, 2.75) is 26.7 Å². The van der Waals surface area contributed by atoms with E-state index < -0.39 is 0 Å². The van der Waals surface area contributed by atoms with Gasteiger partial charge in [0, 0.05) is 0 Å². The van der Waals surface area contributed by atoms with Gasteiger partial charge in [-0.2, -0.15) is 0 Å². The van der Waals surface area contributed by atoms with Crippen molar-refractivity contribution in [1.82, 2.24) is 0 Å². The molecule has 0 radical (unpaired) electrons. The molecule has 2 aliphatic rings. The van der Waals surface area contributed by atoms with E-state index in [1.807, 2.05) is 0 Å². The second-order valence-electron chi connectivity index (χ2n) is 5.72. The maximum Gasteiger partial charge on any atom is -0.00901 e. The van der Waals surface area contributed by atoms with E-state index in [1.54, 1.807) is 5.57 Å². The summed E-state index contributed by atoms with van der Waals surface area (Å²) < 4.78 is 0. The maximum absolute atomic E-state index is 2.49. The van der Waals surface area contributed by atoms with E-state index in [9.17, 15) is 0 Å². The van der Waals surface area contributed by atoms with E-state index in [2.05, 4.69) is 56.3 Å². The Morgan fingerprint density at radius 2 is 1.82 bits per heavy atom. The Hall–Kier alpha value is -1.30. The van der Waals surface area contributed by atoms with Crippen molar-refractivity contribution in [2.75, 3.05) is 0 Å². The molecule has 0 spiro atoms. The van der Waals surface area contributed by atoms with Gasteiger partial charge >= 0.3 is 0 Å². The second-order valence-corrected chi connectivity index (χ2v) is 5.72. The standard InChI is InChI=1S/C17H20/c1-12-8-15-9-13(2)11-17(15)16(10-12)14-6-4-3-5-7-14/h3-8,10,13,15,17H,9,11H2,1-2H3. The summed E-state index contributed by atoms with van der Waals surface area (Å²) in [6, 6.07) is 10.9. The highest BCUT2D eigenvalue weighted by molar-refractivity contribution is 5.72. The van der Waals surface area contributed by atoms with Crippen molar-refractivity contribution in [3.05, 3.63) is 53.6 Å². The summed E-state index contributed by atoms with van der Waals surface area (Å²) >= 11 is 0. The lowest BCUT2D eigenvalue weighted by molar-refractivity contribution is 0.563. The quantitative estimate of drug-likeness (QED) is 0.649. The van der Waals surface area contributed by atoms with Crippen molar-refractivity contribution in [3.8, 4) is 0 Å².